The third-order valence-electron chi connectivity index (χ3n) is 5.10. The van der Waals surface area contributed by atoms with Crippen LogP contribution >= 0.6 is 0 Å². The smallest absolute Gasteiger partial charge is 0.249 e. The first-order chi connectivity index (χ1) is 16.5. The van der Waals surface area contributed by atoms with E-state index in [1.165, 1.54) is 0 Å². The molecule has 0 spiro atoms. The zero-order chi connectivity index (χ0) is 24.2. The third kappa shape index (κ3) is 8.71. The molecular weight excluding hydrogens is 428 g/mol. The first kappa shape index (κ1) is 25.0. The second-order valence-corrected chi connectivity index (χ2v) is 8.48. The zero-order valence-corrected chi connectivity index (χ0v) is 19.7. The SMILES string of the molecule is CC(C)CCC(=O)NC(COCc1ccccc1)C(=O)Nc1ccc(Oc2ccccc2)cc1. The van der Waals surface area contributed by atoms with Crippen molar-refractivity contribution >= 4 is 17.5 Å². The molecule has 0 radical (unpaired) electrons. The fourth-order valence-electron chi connectivity index (χ4n) is 3.20. The minimum atomic E-state index is -0.802. The Morgan fingerprint density at radius 2 is 1.44 bits per heavy atom. The third-order valence-corrected chi connectivity index (χ3v) is 5.10. The van der Waals surface area contributed by atoms with Crippen molar-refractivity contribution in [3.05, 3.63) is 90.5 Å². The van der Waals surface area contributed by atoms with Crippen molar-refractivity contribution in [1.82, 2.24) is 5.32 Å². The molecule has 2 N–H and O–H groups in total. The standard InChI is InChI=1S/C28H32N2O4/c1-21(2)13-18-27(31)30-26(20-33-19-22-9-5-3-6-10-22)28(32)29-23-14-16-25(17-15-23)34-24-11-7-4-8-12-24/h3-12,14-17,21,26H,13,18-20H2,1-2H3,(H,29,32)(H,30,31). The number of rotatable bonds is 12. The van der Waals surface area contributed by atoms with E-state index in [4.69, 9.17) is 9.47 Å². The van der Waals surface area contributed by atoms with Crippen molar-refractivity contribution < 1.29 is 19.1 Å². The molecule has 3 rings (SSSR count). The van der Waals surface area contributed by atoms with Gasteiger partial charge in [0, 0.05) is 12.1 Å². The number of carbonyl (C=O) groups excluding carboxylic acids is 2. The lowest BCUT2D eigenvalue weighted by Gasteiger charge is -2.19. The van der Waals surface area contributed by atoms with E-state index in [-0.39, 0.29) is 18.4 Å². The van der Waals surface area contributed by atoms with E-state index in [2.05, 4.69) is 24.5 Å². The van der Waals surface area contributed by atoms with Crippen molar-refractivity contribution in [3.8, 4) is 11.5 Å². The Morgan fingerprint density at radius 3 is 2.09 bits per heavy atom. The summed E-state index contributed by atoms with van der Waals surface area (Å²) in [6, 6.07) is 25.5. The van der Waals surface area contributed by atoms with Gasteiger partial charge >= 0.3 is 0 Å². The van der Waals surface area contributed by atoms with Gasteiger partial charge in [-0.2, -0.15) is 0 Å². The predicted octanol–water partition coefficient (Wildman–Crippen LogP) is 5.56. The molecule has 0 aliphatic rings. The van der Waals surface area contributed by atoms with Crippen LogP contribution in [0.5, 0.6) is 11.5 Å². The summed E-state index contributed by atoms with van der Waals surface area (Å²) in [6.45, 7) is 4.55. The van der Waals surface area contributed by atoms with E-state index < -0.39 is 6.04 Å². The summed E-state index contributed by atoms with van der Waals surface area (Å²) in [4.78, 5) is 25.4. The molecule has 2 amide bonds. The van der Waals surface area contributed by atoms with E-state index in [9.17, 15) is 9.59 Å². The first-order valence-electron chi connectivity index (χ1n) is 11.5. The maximum atomic E-state index is 13.0. The maximum Gasteiger partial charge on any atom is 0.249 e. The second-order valence-electron chi connectivity index (χ2n) is 8.48. The number of nitrogens with one attached hydrogen (secondary N) is 2. The number of hydrogen-bond donors (Lipinski definition) is 2. The molecule has 0 aliphatic carbocycles. The van der Waals surface area contributed by atoms with Crippen LogP contribution in [0.2, 0.25) is 0 Å². The van der Waals surface area contributed by atoms with Gasteiger partial charge in [-0.15, -0.1) is 0 Å². The monoisotopic (exact) mass is 460 g/mol. The fraction of sp³-hybridized carbons (Fsp3) is 0.286. The maximum absolute atomic E-state index is 13.0. The molecule has 1 atom stereocenters. The molecule has 3 aromatic rings. The molecule has 0 fully saturated rings. The van der Waals surface area contributed by atoms with Crippen LogP contribution in [0.15, 0.2) is 84.9 Å². The van der Waals surface area contributed by atoms with Gasteiger partial charge in [0.1, 0.15) is 17.5 Å². The fourth-order valence-corrected chi connectivity index (χ4v) is 3.20. The predicted molar refractivity (Wildman–Crippen MR) is 134 cm³/mol. The Bertz CT molecular complexity index is 1020. The normalized spacial score (nSPS) is 11.6. The minimum absolute atomic E-state index is 0.0728. The summed E-state index contributed by atoms with van der Waals surface area (Å²) in [6.07, 6.45) is 1.12. The number of hydrogen-bond acceptors (Lipinski definition) is 4. The lowest BCUT2D eigenvalue weighted by molar-refractivity contribution is -0.128. The summed E-state index contributed by atoms with van der Waals surface area (Å²) in [7, 11) is 0. The summed E-state index contributed by atoms with van der Waals surface area (Å²) in [5, 5.41) is 5.68. The highest BCUT2D eigenvalue weighted by Crippen LogP contribution is 2.22. The molecule has 178 valence electrons. The Balaban J connectivity index is 1.58. The molecule has 1 unspecified atom stereocenters. The van der Waals surface area contributed by atoms with Gasteiger partial charge in [-0.3, -0.25) is 9.59 Å². The Kier molecular flexibility index (Phi) is 9.67. The van der Waals surface area contributed by atoms with Crippen molar-refractivity contribution in [2.24, 2.45) is 5.92 Å². The highest BCUT2D eigenvalue weighted by Gasteiger charge is 2.21. The first-order valence-corrected chi connectivity index (χ1v) is 11.5. The summed E-state index contributed by atoms with van der Waals surface area (Å²) < 4.78 is 11.5. The molecule has 0 bridgehead atoms. The van der Waals surface area contributed by atoms with Crippen LogP contribution in [-0.4, -0.2) is 24.5 Å². The molecule has 6 nitrogen and oxygen atoms in total. The molecule has 0 aliphatic heterocycles. The quantitative estimate of drug-likeness (QED) is 0.371. The van der Waals surface area contributed by atoms with Crippen LogP contribution in [0.4, 0.5) is 5.69 Å². The Hall–Kier alpha value is -3.64. The van der Waals surface area contributed by atoms with Crippen molar-refractivity contribution in [1.29, 1.82) is 0 Å². The number of benzene rings is 3. The van der Waals surface area contributed by atoms with Crippen LogP contribution in [0.1, 0.15) is 32.3 Å². The molecule has 0 aromatic heterocycles. The molecule has 34 heavy (non-hydrogen) atoms. The van der Waals surface area contributed by atoms with Gasteiger partial charge < -0.3 is 20.1 Å². The van der Waals surface area contributed by atoms with Crippen LogP contribution in [0.25, 0.3) is 0 Å². The molecule has 3 aromatic carbocycles. The topological polar surface area (TPSA) is 76.7 Å². The number of anilines is 1. The Morgan fingerprint density at radius 1 is 0.824 bits per heavy atom. The van der Waals surface area contributed by atoms with Gasteiger partial charge in [-0.1, -0.05) is 62.4 Å². The highest BCUT2D eigenvalue weighted by molar-refractivity contribution is 5.97. The van der Waals surface area contributed by atoms with Crippen molar-refractivity contribution in [2.45, 2.75) is 39.3 Å². The van der Waals surface area contributed by atoms with E-state index >= 15 is 0 Å². The lowest BCUT2D eigenvalue weighted by atomic mass is 10.1. The van der Waals surface area contributed by atoms with Gasteiger partial charge in [0.15, 0.2) is 0 Å². The van der Waals surface area contributed by atoms with Crippen LogP contribution in [0.3, 0.4) is 0 Å². The minimum Gasteiger partial charge on any atom is -0.457 e. The average molecular weight is 461 g/mol. The van der Waals surface area contributed by atoms with Gasteiger partial charge in [-0.25, -0.2) is 0 Å². The van der Waals surface area contributed by atoms with Gasteiger partial charge in [0.25, 0.3) is 0 Å². The molecule has 0 heterocycles. The highest BCUT2D eigenvalue weighted by atomic mass is 16.5. The summed E-state index contributed by atoms with van der Waals surface area (Å²) >= 11 is 0. The number of carbonyl (C=O) groups is 2. The van der Waals surface area contributed by atoms with Gasteiger partial charge in [-0.05, 0) is 54.3 Å². The second kappa shape index (κ2) is 13.2. The van der Waals surface area contributed by atoms with Crippen molar-refractivity contribution in [2.75, 3.05) is 11.9 Å². The molecule has 0 saturated carbocycles. The summed E-state index contributed by atoms with van der Waals surface area (Å²) in [5.41, 5.74) is 1.61. The van der Waals surface area contributed by atoms with Crippen LogP contribution in [0, 0.1) is 5.92 Å². The average Bonchev–Trinajstić information content (AvgIpc) is 2.84. The van der Waals surface area contributed by atoms with Gasteiger partial charge in [0.2, 0.25) is 11.8 Å². The van der Waals surface area contributed by atoms with E-state index in [0.717, 1.165) is 17.7 Å². The zero-order valence-electron chi connectivity index (χ0n) is 19.7. The lowest BCUT2D eigenvalue weighted by Crippen LogP contribution is -2.46. The number of ether oxygens (including phenoxy) is 2. The van der Waals surface area contributed by atoms with Gasteiger partial charge in [0.05, 0.1) is 13.2 Å². The van der Waals surface area contributed by atoms with E-state index in [1.807, 2.05) is 60.7 Å². The molecule has 6 heteroatoms. The van der Waals surface area contributed by atoms with E-state index in [1.54, 1.807) is 24.3 Å². The van der Waals surface area contributed by atoms with Crippen LogP contribution in [-0.2, 0) is 20.9 Å². The molecular formula is C28H32N2O4. The van der Waals surface area contributed by atoms with E-state index in [0.29, 0.717) is 30.4 Å². The largest absolute Gasteiger partial charge is 0.457 e. The molecule has 0 saturated heterocycles. The summed E-state index contributed by atoms with van der Waals surface area (Å²) in [5.74, 6) is 1.31. The number of amides is 2. The van der Waals surface area contributed by atoms with Crippen molar-refractivity contribution in [3.63, 3.8) is 0 Å². The Labute approximate surface area is 201 Å². The van der Waals surface area contributed by atoms with Crippen LogP contribution < -0.4 is 15.4 Å². The number of para-hydroxylation sites is 1.